The summed E-state index contributed by atoms with van der Waals surface area (Å²) in [6.07, 6.45) is 7.82. The van der Waals surface area contributed by atoms with Crippen LogP contribution in [0.5, 0.6) is 0 Å². The van der Waals surface area contributed by atoms with Crippen LogP contribution >= 0.6 is 11.3 Å². The lowest BCUT2D eigenvalue weighted by Crippen LogP contribution is -2.23. The average molecular weight is 347 g/mol. The van der Waals surface area contributed by atoms with Crippen LogP contribution in [0.2, 0.25) is 0 Å². The van der Waals surface area contributed by atoms with Gasteiger partial charge in [-0.05, 0) is 39.2 Å². The molecule has 0 spiro atoms. The van der Waals surface area contributed by atoms with E-state index in [9.17, 15) is 4.79 Å². The van der Waals surface area contributed by atoms with Crippen molar-refractivity contribution in [3.05, 3.63) is 16.8 Å². The van der Waals surface area contributed by atoms with Crippen molar-refractivity contribution >= 4 is 33.3 Å². The number of aryl methyl sites for hydroxylation is 1. The Hall–Kier alpha value is -1.69. The van der Waals surface area contributed by atoms with Gasteiger partial charge in [0.15, 0.2) is 0 Å². The lowest BCUT2D eigenvalue weighted by atomic mass is 9.95. The van der Waals surface area contributed by atoms with Crippen LogP contribution in [0, 0.1) is 6.92 Å². The number of nitrogens with one attached hydrogen (secondary N) is 1. The maximum absolute atomic E-state index is 12.3. The number of hydrogen-bond acceptors (Lipinski definition) is 6. The van der Waals surface area contributed by atoms with Gasteiger partial charge in [-0.1, -0.05) is 19.3 Å². The molecule has 1 saturated carbocycles. The third-order valence-electron chi connectivity index (χ3n) is 4.73. The van der Waals surface area contributed by atoms with Crippen LogP contribution in [-0.4, -0.2) is 28.6 Å². The molecule has 1 atom stereocenters. The van der Waals surface area contributed by atoms with E-state index in [0.717, 1.165) is 26.5 Å². The summed E-state index contributed by atoms with van der Waals surface area (Å²) < 4.78 is 5.23. The zero-order chi connectivity index (χ0) is 17.1. The topological polar surface area (TPSA) is 64.1 Å². The van der Waals surface area contributed by atoms with Crippen molar-refractivity contribution in [1.82, 2.24) is 9.97 Å². The van der Waals surface area contributed by atoms with E-state index in [1.165, 1.54) is 32.1 Å². The van der Waals surface area contributed by atoms with E-state index in [1.807, 2.05) is 20.8 Å². The van der Waals surface area contributed by atoms with E-state index in [0.29, 0.717) is 12.6 Å². The van der Waals surface area contributed by atoms with Crippen molar-refractivity contribution in [1.29, 1.82) is 0 Å². The molecular formula is C18H25N3O2S. The van der Waals surface area contributed by atoms with Gasteiger partial charge >= 0.3 is 5.97 Å². The van der Waals surface area contributed by atoms with Crippen molar-refractivity contribution in [3.8, 4) is 0 Å². The number of anilines is 1. The molecule has 130 valence electrons. The monoisotopic (exact) mass is 347 g/mol. The summed E-state index contributed by atoms with van der Waals surface area (Å²) in [5.41, 5.74) is 1.01. The highest BCUT2D eigenvalue weighted by Gasteiger charge is 2.26. The number of ether oxygens (including phenoxy) is 1. The summed E-state index contributed by atoms with van der Waals surface area (Å²) in [7, 11) is 0. The van der Waals surface area contributed by atoms with Gasteiger partial charge in [0.05, 0.1) is 17.9 Å². The fourth-order valence-electron chi connectivity index (χ4n) is 3.52. The van der Waals surface area contributed by atoms with Crippen LogP contribution < -0.4 is 5.32 Å². The Morgan fingerprint density at radius 3 is 2.83 bits per heavy atom. The van der Waals surface area contributed by atoms with Crippen LogP contribution in [0.25, 0.3) is 10.2 Å². The molecule has 1 aliphatic carbocycles. The largest absolute Gasteiger partial charge is 0.466 e. The standard InChI is InChI=1S/C18H25N3O2S/c1-4-23-18(22)11(2)14-12(3)24-17-15(14)16(19-10-20-17)21-13-8-6-5-7-9-13/h10-11,13H,4-9H2,1-3H3,(H,19,20,21). The first kappa shape index (κ1) is 17.1. The van der Waals surface area contributed by atoms with Gasteiger partial charge in [0.1, 0.15) is 17.0 Å². The van der Waals surface area contributed by atoms with Gasteiger partial charge in [0, 0.05) is 10.9 Å². The summed E-state index contributed by atoms with van der Waals surface area (Å²) >= 11 is 1.62. The third-order valence-corrected chi connectivity index (χ3v) is 5.76. The van der Waals surface area contributed by atoms with Gasteiger partial charge < -0.3 is 10.1 Å². The predicted molar refractivity (Wildman–Crippen MR) is 97.7 cm³/mol. The minimum atomic E-state index is -0.309. The quantitative estimate of drug-likeness (QED) is 0.812. The van der Waals surface area contributed by atoms with Crippen molar-refractivity contribution in [2.75, 3.05) is 11.9 Å². The summed E-state index contributed by atoms with van der Waals surface area (Å²) in [6, 6.07) is 0.461. The zero-order valence-corrected chi connectivity index (χ0v) is 15.4. The number of aromatic nitrogens is 2. The molecule has 1 aliphatic rings. The van der Waals surface area contributed by atoms with Gasteiger partial charge in [-0.25, -0.2) is 9.97 Å². The Bertz CT molecular complexity index is 722. The Morgan fingerprint density at radius 2 is 2.12 bits per heavy atom. The fourth-order valence-corrected chi connectivity index (χ4v) is 4.61. The SMILES string of the molecule is CCOC(=O)C(C)c1c(C)sc2ncnc(NC3CCCCC3)c12. The lowest BCUT2D eigenvalue weighted by molar-refractivity contribution is -0.144. The van der Waals surface area contributed by atoms with Gasteiger partial charge in [-0.15, -0.1) is 11.3 Å². The maximum atomic E-state index is 12.3. The average Bonchev–Trinajstić information content (AvgIpc) is 2.92. The van der Waals surface area contributed by atoms with E-state index >= 15 is 0 Å². The van der Waals surface area contributed by atoms with E-state index in [4.69, 9.17) is 4.74 Å². The smallest absolute Gasteiger partial charge is 0.313 e. The number of carbonyl (C=O) groups excluding carboxylic acids is 1. The molecule has 0 bridgehead atoms. The van der Waals surface area contributed by atoms with E-state index in [1.54, 1.807) is 17.7 Å². The molecule has 6 heteroatoms. The number of hydrogen-bond donors (Lipinski definition) is 1. The molecule has 1 N–H and O–H groups in total. The lowest BCUT2D eigenvalue weighted by Gasteiger charge is -2.24. The molecule has 1 fully saturated rings. The molecule has 0 amide bonds. The summed E-state index contributed by atoms with van der Waals surface area (Å²) in [4.78, 5) is 23.2. The second-order valence-electron chi connectivity index (χ2n) is 6.43. The first-order valence-corrected chi connectivity index (χ1v) is 9.60. The predicted octanol–water partition coefficient (Wildman–Crippen LogP) is 4.41. The first-order chi connectivity index (χ1) is 11.6. The Labute approximate surface area is 146 Å². The van der Waals surface area contributed by atoms with Crippen molar-refractivity contribution < 1.29 is 9.53 Å². The number of esters is 1. The van der Waals surface area contributed by atoms with Gasteiger partial charge in [-0.3, -0.25) is 4.79 Å². The number of nitrogens with zero attached hydrogens (tertiary/aromatic N) is 2. The molecule has 24 heavy (non-hydrogen) atoms. The summed E-state index contributed by atoms with van der Waals surface area (Å²) in [6.45, 7) is 6.18. The van der Waals surface area contributed by atoms with Crippen LogP contribution in [-0.2, 0) is 9.53 Å². The number of carbonyl (C=O) groups is 1. The van der Waals surface area contributed by atoms with E-state index in [2.05, 4.69) is 15.3 Å². The minimum absolute atomic E-state index is 0.187. The van der Waals surface area contributed by atoms with Crippen LogP contribution in [0.1, 0.15) is 62.3 Å². The second-order valence-corrected chi connectivity index (χ2v) is 7.63. The number of thiophene rings is 1. The van der Waals surface area contributed by atoms with Crippen LogP contribution in [0.3, 0.4) is 0 Å². The molecule has 0 aliphatic heterocycles. The number of rotatable bonds is 5. The van der Waals surface area contributed by atoms with Crippen LogP contribution in [0.15, 0.2) is 6.33 Å². The Kier molecular flexibility index (Phi) is 5.33. The van der Waals surface area contributed by atoms with Crippen molar-refractivity contribution in [3.63, 3.8) is 0 Å². The second kappa shape index (κ2) is 7.47. The van der Waals surface area contributed by atoms with Gasteiger partial charge in [-0.2, -0.15) is 0 Å². The number of fused-ring (bicyclic) bond motifs is 1. The highest BCUT2D eigenvalue weighted by atomic mass is 32.1. The molecule has 0 radical (unpaired) electrons. The highest BCUT2D eigenvalue weighted by molar-refractivity contribution is 7.18. The molecule has 0 saturated heterocycles. The maximum Gasteiger partial charge on any atom is 0.313 e. The molecule has 0 aromatic carbocycles. The zero-order valence-electron chi connectivity index (χ0n) is 14.6. The molecule has 2 aromatic heterocycles. The summed E-state index contributed by atoms with van der Waals surface area (Å²) in [5.74, 6) is 0.367. The Morgan fingerprint density at radius 1 is 1.38 bits per heavy atom. The molecule has 1 unspecified atom stereocenters. The molecular weight excluding hydrogens is 322 g/mol. The molecule has 3 rings (SSSR count). The van der Waals surface area contributed by atoms with Crippen molar-refractivity contribution in [2.45, 2.75) is 64.8 Å². The molecule has 5 nitrogen and oxygen atoms in total. The van der Waals surface area contributed by atoms with E-state index < -0.39 is 0 Å². The van der Waals surface area contributed by atoms with Crippen molar-refractivity contribution in [2.24, 2.45) is 0 Å². The van der Waals surface area contributed by atoms with Crippen LogP contribution in [0.4, 0.5) is 5.82 Å². The Balaban J connectivity index is 1.99. The molecule has 2 aromatic rings. The summed E-state index contributed by atoms with van der Waals surface area (Å²) in [5, 5.41) is 4.60. The highest BCUT2D eigenvalue weighted by Crippen LogP contribution is 2.39. The third kappa shape index (κ3) is 3.38. The van der Waals surface area contributed by atoms with Gasteiger partial charge in [0.25, 0.3) is 0 Å². The van der Waals surface area contributed by atoms with Gasteiger partial charge in [0.2, 0.25) is 0 Å². The first-order valence-electron chi connectivity index (χ1n) is 8.79. The normalized spacial score (nSPS) is 17.0. The minimum Gasteiger partial charge on any atom is -0.466 e. The molecule has 2 heterocycles. The van der Waals surface area contributed by atoms with E-state index in [-0.39, 0.29) is 11.9 Å². The fraction of sp³-hybridized carbons (Fsp3) is 0.611.